The van der Waals surface area contributed by atoms with Crippen molar-refractivity contribution in [2.24, 2.45) is 5.73 Å². The third kappa shape index (κ3) is 2.80. The molecule has 66 valence electrons. The van der Waals surface area contributed by atoms with E-state index >= 15 is 0 Å². The van der Waals surface area contributed by atoms with Crippen molar-refractivity contribution in [2.75, 3.05) is 6.61 Å². The molecule has 0 aromatic rings. The van der Waals surface area contributed by atoms with E-state index in [0.717, 1.165) is 13.0 Å². The maximum atomic E-state index is 5.94. The highest BCUT2D eigenvalue weighted by atomic mass is 16.5. The van der Waals surface area contributed by atoms with E-state index in [9.17, 15) is 0 Å². The average molecular weight is 157 g/mol. The van der Waals surface area contributed by atoms with Gasteiger partial charge in [-0.25, -0.2) is 0 Å². The molecular formula is C9H19NO. The molecule has 1 aliphatic heterocycles. The van der Waals surface area contributed by atoms with Gasteiger partial charge in [-0.1, -0.05) is 19.8 Å². The van der Waals surface area contributed by atoms with Gasteiger partial charge < -0.3 is 10.5 Å². The maximum absolute atomic E-state index is 5.94. The standard InChI is InChI=1S/C9H19NO/c1-2-3-5-8(10)9-6-4-7-11-9/h8-9H,2-7,10H2,1H3. The topological polar surface area (TPSA) is 35.2 Å². The molecular weight excluding hydrogens is 138 g/mol. The van der Waals surface area contributed by atoms with Gasteiger partial charge >= 0.3 is 0 Å². The van der Waals surface area contributed by atoms with E-state index in [2.05, 4.69) is 6.92 Å². The van der Waals surface area contributed by atoms with Crippen molar-refractivity contribution >= 4 is 0 Å². The van der Waals surface area contributed by atoms with Crippen LogP contribution < -0.4 is 5.73 Å². The highest BCUT2D eigenvalue weighted by Crippen LogP contribution is 2.17. The molecule has 2 unspecified atom stereocenters. The van der Waals surface area contributed by atoms with E-state index in [-0.39, 0.29) is 6.04 Å². The van der Waals surface area contributed by atoms with E-state index < -0.39 is 0 Å². The van der Waals surface area contributed by atoms with Crippen LogP contribution in [-0.2, 0) is 4.74 Å². The Labute approximate surface area is 69.1 Å². The number of hydrogen-bond acceptors (Lipinski definition) is 2. The monoisotopic (exact) mass is 157 g/mol. The second-order valence-corrected chi connectivity index (χ2v) is 3.36. The Kier molecular flexibility index (Phi) is 3.87. The van der Waals surface area contributed by atoms with Gasteiger partial charge in [0.1, 0.15) is 0 Å². The molecule has 0 aromatic heterocycles. The van der Waals surface area contributed by atoms with Crippen molar-refractivity contribution in [3.8, 4) is 0 Å². The third-order valence-electron chi connectivity index (χ3n) is 2.33. The van der Waals surface area contributed by atoms with Gasteiger partial charge in [-0.2, -0.15) is 0 Å². The predicted octanol–water partition coefficient (Wildman–Crippen LogP) is 1.68. The Morgan fingerprint density at radius 1 is 1.64 bits per heavy atom. The van der Waals surface area contributed by atoms with Crippen molar-refractivity contribution in [3.05, 3.63) is 0 Å². The molecule has 2 N–H and O–H groups in total. The van der Waals surface area contributed by atoms with E-state index in [4.69, 9.17) is 10.5 Å². The van der Waals surface area contributed by atoms with E-state index in [1.165, 1.54) is 25.7 Å². The predicted molar refractivity (Wildman–Crippen MR) is 46.5 cm³/mol. The van der Waals surface area contributed by atoms with Crippen LogP contribution in [0.3, 0.4) is 0 Å². The molecule has 0 aromatic carbocycles. The molecule has 11 heavy (non-hydrogen) atoms. The lowest BCUT2D eigenvalue weighted by molar-refractivity contribution is 0.0869. The van der Waals surface area contributed by atoms with Crippen molar-refractivity contribution < 1.29 is 4.74 Å². The summed E-state index contributed by atoms with van der Waals surface area (Å²) in [6.45, 7) is 3.12. The van der Waals surface area contributed by atoms with Gasteiger partial charge in [-0.15, -0.1) is 0 Å². The SMILES string of the molecule is CCCCC(N)C1CCCO1. The average Bonchev–Trinajstić information content (AvgIpc) is 2.52. The summed E-state index contributed by atoms with van der Waals surface area (Å²) >= 11 is 0. The lowest BCUT2D eigenvalue weighted by Gasteiger charge is -2.17. The molecule has 1 aliphatic rings. The van der Waals surface area contributed by atoms with E-state index in [0.29, 0.717) is 6.10 Å². The summed E-state index contributed by atoms with van der Waals surface area (Å²) in [6, 6.07) is 0.289. The fourth-order valence-corrected chi connectivity index (χ4v) is 1.57. The molecule has 2 nitrogen and oxygen atoms in total. The number of rotatable bonds is 4. The van der Waals surface area contributed by atoms with Crippen LogP contribution in [-0.4, -0.2) is 18.8 Å². The van der Waals surface area contributed by atoms with Gasteiger partial charge in [0, 0.05) is 12.6 Å². The Morgan fingerprint density at radius 2 is 2.45 bits per heavy atom. The van der Waals surface area contributed by atoms with Crippen LogP contribution in [0.4, 0.5) is 0 Å². The fraction of sp³-hybridized carbons (Fsp3) is 1.00. The first-order valence-corrected chi connectivity index (χ1v) is 4.71. The van der Waals surface area contributed by atoms with Crippen LogP contribution in [0.1, 0.15) is 39.0 Å². The molecule has 0 spiro atoms. The lowest BCUT2D eigenvalue weighted by Crippen LogP contribution is -2.33. The van der Waals surface area contributed by atoms with Gasteiger partial charge in [0.15, 0.2) is 0 Å². The van der Waals surface area contributed by atoms with Gasteiger partial charge in [0.2, 0.25) is 0 Å². The maximum Gasteiger partial charge on any atom is 0.0726 e. The summed E-state index contributed by atoms with van der Waals surface area (Å²) in [5.74, 6) is 0. The van der Waals surface area contributed by atoms with E-state index in [1.807, 2.05) is 0 Å². The van der Waals surface area contributed by atoms with Crippen molar-refractivity contribution in [3.63, 3.8) is 0 Å². The van der Waals surface area contributed by atoms with Crippen molar-refractivity contribution in [1.82, 2.24) is 0 Å². The summed E-state index contributed by atoms with van der Waals surface area (Å²) in [7, 11) is 0. The first kappa shape index (κ1) is 9.01. The zero-order valence-corrected chi connectivity index (χ0v) is 7.38. The summed E-state index contributed by atoms with van der Waals surface area (Å²) in [4.78, 5) is 0. The Morgan fingerprint density at radius 3 is 3.00 bits per heavy atom. The van der Waals surface area contributed by atoms with Crippen LogP contribution in [0.25, 0.3) is 0 Å². The molecule has 1 heterocycles. The van der Waals surface area contributed by atoms with Crippen LogP contribution in [0.15, 0.2) is 0 Å². The van der Waals surface area contributed by atoms with Gasteiger partial charge in [-0.05, 0) is 19.3 Å². The molecule has 2 heteroatoms. The van der Waals surface area contributed by atoms with Crippen molar-refractivity contribution in [1.29, 1.82) is 0 Å². The minimum absolute atomic E-state index is 0.289. The minimum Gasteiger partial charge on any atom is -0.377 e. The highest BCUT2D eigenvalue weighted by Gasteiger charge is 2.21. The summed E-state index contributed by atoms with van der Waals surface area (Å²) in [5.41, 5.74) is 5.94. The van der Waals surface area contributed by atoms with Gasteiger partial charge in [0.05, 0.1) is 6.10 Å². The molecule has 2 atom stereocenters. The van der Waals surface area contributed by atoms with Crippen LogP contribution >= 0.6 is 0 Å². The summed E-state index contributed by atoms with van der Waals surface area (Å²) < 4.78 is 5.49. The van der Waals surface area contributed by atoms with Gasteiger partial charge in [-0.3, -0.25) is 0 Å². The number of hydrogen-bond donors (Lipinski definition) is 1. The molecule has 0 saturated carbocycles. The van der Waals surface area contributed by atoms with Crippen LogP contribution in [0, 0.1) is 0 Å². The minimum atomic E-state index is 0.289. The molecule has 1 saturated heterocycles. The number of unbranched alkanes of at least 4 members (excludes halogenated alkanes) is 1. The molecule has 1 rings (SSSR count). The molecule has 0 bridgehead atoms. The number of nitrogens with two attached hydrogens (primary N) is 1. The zero-order valence-electron chi connectivity index (χ0n) is 7.38. The van der Waals surface area contributed by atoms with Crippen LogP contribution in [0.5, 0.6) is 0 Å². The fourth-order valence-electron chi connectivity index (χ4n) is 1.57. The second kappa shape index (κ2) is 4.73. The van der Waals surface area contributed by atoms with Crippen LogP contribution in [0.2, 0.25) is 0 Å². The largest absolute Gasteiger partial charge is 0.377 e. The first-order chi connectivity index (χ1) is 5.34. The third-order valence-corrected chi connectivity index (χ3v) is 2.33. The first-order valence-electron chi connectivity index (χ1n) is 4.71. The summed E-state index contributed by atoms with van der Waals surface area (Å²) in [5, 5.41) is 0. The normalized spacial score (nSPS) is 27.3. The quantitative estimate of drug-likeness (QED) is 0.674. The zero-order chi connectivity index (χ0) is 8.10. The molecule has 0 radical (unpaired) electrons. The summed E-state index contributed by atoms with van der Waals surface area (Å²) in [6.07, 6.45) is 6.33. The second-order valence-electron chi connectivity index (χ2n) is 3.36. The molecule has 1 fully saturated rings. The lowest BCUT2D eigenvalue weighted by atomic mass is 10.0. The smallest absolute Gasteiger partial charge is 0.0726 e. The molecule has 0 aliphatic carbocycles. The van der Waals surface area contributed by atoms with E-state index in [1.54, 1.807) is 0 Å². The van der Waals surface area contributed by atoms with Crippen molar-refractivity contribution in [2.45, 2.75) is 51.2 Å². The van der Waals surface area contributed by atoms with Gasteiger partial charge in [0.25, 0.3) is 0 Å². The Hall–Kier alpha value is -0.0800. The molecule has 0 amide bonds. The highest BCUT2D eigenvalue weighted by molar-refractivity contribution is 4.76. The Bertz CT molecular complexity index is 99.7. The Balaban J connectivity index is 2.12. The number of ether oxygens (including phenoxy) is 1.